The van der Waals surface area contributed by atoms with E-state index in [2.05, 4.69) is 31.5 Å². The fourth-order valence-corrected chi connectivity index (χ4v) is 2.18. The SMILES string of the molecule is FC(F)(F)C(NCCCNC1COC1)c1ccc(Br)cn1. The van der Waals surface area contributed by atoms with Gasteiger partial charge < -0.3 is 15.4 Å². The number of pyridine rings is 1. The Bertz CT molecular complexity index is 437. The molecule has 2 rings (SSSR count). The maximum atomic E-state index is 13.1. The van der Waals surface area contributed by atoms with Crippen LogP contribution in [0.5, 0.6) is 0 Å². The van der Waals surface area contributed by atoms with Gasteiger partial charge in [0.25, 0.3) is 0 Å². The molecule has 2 heterocycles. The molecule has 0 aliphatic carbocycles. The van der Waals surface area contributed by atoms with Gasteiger partial charge in [-0.2, -0.15) is 13.2 Å². The molecular weight excluding hydrogens is 351 g/mol. The number of aromatic nitrogens is 1. The molecule has 0 spiro atoms. The first-order chi connectivity index (χ1) is 9.97. The van der Waals surface area contributed by atoms with E-state index >= 15 is 0 Å². The van der Waals surface area contributed by atoms with Crippen molar-refractivity contribution in [1.29, 1.82) is 0 Å². The summed E-state index contributed by atoms with van der Waals surface area (Å²) in [6.45, 7) is 2.30. The summed E-state index contributed by atoms with van der Waals surface area (Å²) < 4.78 is 44.8. The van der Waals surface area contributed by atoms with Gasteiger partial charge in [-0.15, -0.1) is 0 Å². The van der Waals surface area contributed by atoms with Gasteiger partial charge in [0.05, 0.1) is 24.9 Å². The van der Waals surface area contributed by atoms with Crippen molar-refractivity contribution < 1.29 is 17.9 Å². The number of hydrogen-bond donors (Lipinski definition) is 2. The Kier molecular flexibility index (Phi) is 5.98. The second-order valence-corrected chi connectivity index (χ2v) is 5.79. The highest BCUT2D eigenvalue weighted by atomic mass is 79.9. The molecule has 0 aromatic carbocycles. The molecule has 1 aliphatic rings. The lowest BCUT2D eigenvalue weighted by Gasteiger charge is -2.27. The fraction of sp³-hybridized carbons (Fsp3) is 0.615. The molecule has 118 valence electrons. The predicted molar refractivity (Wildman–Crippen MR) is 76.0 cm³/mol. The number of halogens is 4. The van der Waals surface area contributed by atoms with Crippen LogP contribution in [-0.2, 0) is 4.74 Å². The van der Waals surface area contributed by atoms with E-state index in [9.17, 15) is 13.2 Å². The van der Waals surface area contributed by atoms with Gasteiger partial charge in [0.2, 0.25) is 0 Å². The minimum Gasteiger partial charge on any atom is -0.378 e. The molecule has 1 unspecified atom stereocenters. The lowest BCUT2D eigenvalue weighted by molar-refractivity contribution is -0.158. The molecule has 0 bridgehead atoms. The molecule has 0 radical (unpaired) electrons. The number of nitrogens with zero attached hydrogens (tertiary/aromatic N) is 1. The second kappa shape index (κ2) is 7.53. The molecule has 1 aliphatic heterocycles. The third kappa shape index (κ3) is 5.21. The second-order valence-electron chi connectivity index (χ2n) is 4.87. The standard InChI is InChI=1S/C13H17BrF3N3O/c14-9-2-3-11(20-6-9)12(13(15,16)17)19-5-1-4-18-10-7-21-8-10/h2-3,6,10,12,18-19H,1,4-5,7-8H2. The Hall–Kier alpha value is -0.700. The van der Waals surface area contributed by atoms with Crippen molar-refractivity contribution in [3.05, 3.63) is 28.5 Å². The molecule has 4 nitrogen and oxygen atoms in total. The van der Waals surface area contributed by atoms with E-state index in [0.29, 0.717) is 36.7 Å². The Morgan fingerprint density at radius 2 is 2.10 bits per heavy atom. The summed E-state index contributed by atoms with van der Waals surface area (Å²) in [5.74, 6) is 0. The van der Waals surface area contributed by atoms with Crippen LogP contribution in [0.4, 0.5) is 13.2 Å². The molecule has 1 saturated heterocycles. The van der Waals surface area contributed by atoms with Crippen molar-refractivity contribution >= 4 is 15.9 Å². The fourth-order valence-electron chi connectivity index (χ4n) is 1.94. The molecule has 0 saturated carbocycles. The van der Waals surface area contributed by atoms with Gasteiger partial charge in [-0.3, -0.25) is 4.98 Å². The zero-order valence-electron chi connectivity index (χ0n) is 11.3. The number of alkyl halides is 3. The highest BCUT2D eigenvalue weighted by molar-refractivity contribution is 9.10. The van der Waals surface area contributed by atoms with Gasteiger partial charge >= 0.3 is 6.18 Å². The van der Waals surface area contributed by atoms with Crippen LogP contribution in [0.2, 0.25) is 0 Å². The van der Waals surface area contributed by atoms with Crippen LogP contribution in [0.15, 0.2) is 22.8 Å². The summed E-state index contributed by atoms with van der Waals surface area (Å²) in [6.07, 6.45) is -2.39. The number of rotatable bonds is 7. The third-order valence-electron chi connectivity index (χ3n) is 3.15. The molecule has 1 aromatic heterocycles. The average molecular weight is 368 g/mol. The number of nitrogens with one attached hydrogen (secondary N) is 2. The van der Waals surface area contributed by atoms with Gasteiger partial charge in [0.1, 0.15) is 6.04 Å². The number of hydrogen-bond acceptors (Lipinski definition) is 4. The van der Waals surface area contributed by atoms with E-state index in [4.69, 9.17) is 4.74 Å². The van der Waals surface area contributed by atoms with Crippen LogP contribution in [0.1, 0.15) is 18.2 Å². The Morgan fingerprint density at radius 3 is 2.62 bits per heavy atom. The van der Waals surface area contributed by atoms with E-state index in [-0.39, 0.29) is 12.2 Å². The molecule has 2 N–H and O–H groups in total. The minimum absolute atomic E-state index is 0.0222. The Labute approximate surface area is 129 Å². The first-order valence-corrected chi connectivity index (χ1v) is 7.49. The lowest BCUT2D eigenvalue weighted by atomic mass is 10.1. The van der Waals surface area contributed by atoms with E-state index in [1.165, 1.54) is 12.3 Å². The molecule has 21 heavy (non-hydrogen) atoms. The van der Waals surface area contributed by atoms with Crippen LogP contribution < -0.4 is 10.6 Å². The van der Waals surface area contributed by atoms with E-state index < -0.39 is 12.2 Å². The zero-order chi connectivity index (χ0) is 15.3. The average Bonchev–Trinajstić information content (AvgIpc) is 2.36. The predicted octanol–water partition coefficient (Wildman–Crippen LogP) is 2.42. The Morgan fingerprint density at radius 1 is 1.33 bits per heavy atom. The van der Waals surface area contributed by atoms with Crippen LogP contribution in [-0.4, -0.2) is 43.5 Å². The summed E-state index contributed by atoms with van der Waals surface area (Å²) in [6, 6.07) is 1.54. The van der Waals surface area contributed by atoms with Gasteiger partial charge in [0.15, 0.2) is 0 Å². The van der Waals surface area contributed by atoms with E-state index in [0.717, 1.165) is 0 Å². The summed E-state index contributed by atoms with van der Waals surface area (Å²) in [5.41, 5.74) is -0.0222. The van der Waals surface area contributed by atoms with Crippen LogP contribution in [0.3, 0.4) is 0 Å². The van der Waals surface area contributed by atoms with Crippen molar-refractivity contribution in [3.8, 4) is 0 Å². The largest absolute Gasteiger partial charge is 0.409 e. The molecular formula is C13H17BrF3N3O. The number of ether oxygens (including phenoxy) is 1. The maximum Gasteiger partial charge on any atom is 0.409 e. The molecule has 0 amide bonds. The monoisotopic (exact) mass is 367 g/mol. The highest BCUT2D eigenvalue weighted by Gasteiger charge is 2.41. The highest BCUT2D eigenvalue weighted by Crippen LogP contribution is 2.31. The first-order valence-electron chi connectivity index (χ1n) is 6.69. The summed E-state index contributed by atoms with van der Waals surface area (Å²) in [5, 5.41) is 5.74. The quantitative estimate of drug-likeness (QED) is 0.726. The lowest BCUT2D eigenvalue weighted by Crippen LogP contribution is -2.46. The first kappa shape index (κ1) is 16.7. The van der Waals surface area contributed by atoms with Crippen molar-refractivity contribution in [2.75, 3.05) is 26.3 Å². The molecule has 1 atom stereocenters. The van der Waals surface area contributed by atoms with Crippen molar-refractivity contribution in [2.45, 2.75) is 24.7 Å². The van der Waals surface area contributed by atoms with E-state index in [1.807, 2.05) is 0 Å². The molecule has 1 aromatic rings. The zero-order valence-corrected chi connectivity index (χ0v) is 12.9. The Balaban J connectivity index is 1.80. The maximum absolute atomic E-state index is 13.1. The van der Waals surface area contributed by atoms with Crippen molar-refractivity contribution in [2.24, 2.45) is 0 Å². The van der Waals surface area contributed by atoms with Crippen molar-refractivity contribution in [3.63, 3.8) is 0 Å². The van der Waals surface area contributed by atoms with Gasteiger partial charge in [-0.05, 0) is 47.6 Å². The normalized spacial score (nSPS) is 17.5. The smallest absolute Gasteiger partial charge is 0.378 e. The topological polar surface area (TPSA) is 46.2 Å². The van der Waals surface area contributed by atoms with Gasteiger partial charge in [-0.25, -0.2) is 0 Å². The molecule has 8 heteroatoms. The summed E-state index contributed by atoms with van der Waals surface area (Å²) >= 11 is 3.16. The summed E-state index contributed by atoms with van der Waals surface area (Å²) in [7, 11) is 0. The van der Waals surface area contributed by atoms with Gasteiger partial charge in [0, 0.05) is 10.7 Å². The van der Waals surface area contributed by atoms with Crippen molar-refractivity contribution in [1.82, 2.24) is 15.6 Å². The van der Waals surface area contributed by atoms with Crippen LogP contribution in [0.25, 0.3) is 0 Å². The minimum atomic E-state index is -4.37. The van der Waals surface area contributed by atoms with E-state index in [1.54, 1.807) is 6.07 Å². The summed E-state index contributed by atoms with van der Waals surface area (Å²) in [4.78, 5) is 3.83. The third-order valence-corrected chi connectivity index (χ3v) is 3.62. The van der Waals surface area contributed by atoms with Gasteiger partial charge in [-0.1, -0.05) is 0 Å². The van der Waals surface area contributed by atoms with Crippen LogP contribution in [0, 0.1) is 0 Å². The van der Waals surface area contributed by atoms with Crippen LogP contribution >= 0.6 is 15.9 Å². The molecule has 1 fully saturated rings.